The number of hydrogen-bond acceptors (Lipinski definition) is 4. The zero-order chi connectivity index (χ0) is 16.6. The van der Waals surface area contributed by atoms with Crippen molar-refractivity contribution in [3.05, 3.63) is 0 Å². The summed E-state index contributed by atoms with van der Waals surface area (Å²) < 4.78 is 4.82. The summed E-state index contributed by atoms with van der Waals surface area (Å²) in [5.74, 6) is 0.0141. The molecule has 1 rings (SSSR count). The summed E-state index contributed by atoms with van der Waals surface area (Å²) in [5, 5.41) is 6.76. The van der Waals surface area contributed by atoms with Gasteiger partial charge >= 0.3 is 0 Å². The Hall–Kier alpha value is -1.43. The molecule has 6 nitrogen and oxygen atoms in total. The summed E-state index contributed by atoms with van der Waals surface area (Å²) in [6.45, 7) is 7.65. The molecule has 126 valence electrons. The second-order valence-electron chi connectivity index (χ2n) is 6.87. The quantitative estimate of drug-likeness (QED) is 0.446. The molecule has 2 amide bonds. The molecular weight excluding hydrogens is 282 g/mol. The fourth-order valence-electron chi connectivity index (χ4n) is 2.61. The zero-order valence-electron chi connectivity index (χ0n) is 14.2. The minimum Gasteiger partial charge on any atom is -0.383 e. The Labute approximate surface area is 133 Å². The first-order valence-corrected chi connectivity index (χ1v) is 7.93. The lowest BCUT2D eigenvalue weighted by Crippen LogP contribution is -2.32. The first-order chi connectivity index (χ1) is 10.3. The van der Waals surface area contributed by atoms with Gasteiger partial charge < -0.3 is 10.1 Å². The van der Waals surface area contributed by atoms with E-state index in [-0.39, 0.29) is 18.2 Å². The van der Waals surface area contributed by atoms with Crippen molar-refractivity contribution in [3.8, 4) is 0 Å². The Morgan fingerprint density at radius 1 is 1.23 bits per heavy atom. The number of methoxy groups -OCH3 is 1. The Kier molecular flexibility index (Phi) is 7.51. The topological polar surface area (TPSA) is 79.8 Å². The van der Waals surface area contributed by atoms with E-state index < -0.39 is 0 Å². The Balaban J connectivity index is 2.28. The first kappa shape index (κ1) is 18.6. The van der Waals surface area contributed by atoms with Gasteiger partial charge in [0.25, 0.3) is 0 Å². The molecule has 0 aliphatic heterocycles. The summed E-state index contributed by atoms with van der Waals surface area (Å²) in [6, 6.07) is 0. The van der Waals surface area contributed by atoms with Crippen LogP contribution in [0.2, 0.25) is 0 Å². The van der Waals surface area contributed by atoms with Gasteiger partial charge in [-0.05, 0) is 37.0 Å². The van der Waals surface area contributed by atoms with Crippen LogP contribution in [0.3, 0.4) is 0 Å². The normalized spacial score (nSPS) is 18.7. The molecule has 1 aliphatic rings. The summed E-state index contributed by atoms with van der Waals surface area (Å²) in [5.41, 5.74) is 3.83. The Morgan fingerprint density at radius 3 is 2.41 bits per heavy atom. The molecule has 0 aromatic carbocycles. The maximum absolute atomic E-state index is 11.6. The predicted octanol–water partition coefficient (Wildman–Crippen LogP) is 1.85. The summed E-state index contributed by atoms with van der Waals surface area (Å²) >= 11 is 0. The number of ether oxygens (including phenoxy) is 1. The minimum atomic E-state index is -0.375. The van der Waals surface area contributed by atoms with Gasteiger partial charge in [-0.15, -0.1) is 0 Å². The lowest BCUT2D eigenvalue weighted by atomic mass is 9.72. The number of rotatable bonds is 6. The molecule has 22 heavy (non-hydrogen) atoms. The van der Waals surface area contributed by atoms with E-state index in [1.165, 1.54) is 0 Å². The summed E-state index contributed by atoms with van der Waals surface area (Å²) in [6.07, 6.45) is 3.85. The smallest absolute Gasteiger partial charge is 0.249 e. The number of carbonyl (C=O) groups is 2. The van der Waals surface area contributed by atoms with E-state index in [4.69, 9.17) is 4.74 Å². The molecule has 1 fully saturated rings. The molecule has 1 aliphatic carbocycles. The number of carbonyl (C=O) groups excluding carboxylic acids is 2. The van der Waals surface area contributed by atoms with E-state index in [1.807, 2.05) is 0 Å². The molecule has 0 aromatic rings. The maximum Gasteiger partial charge on any atom is 0.249 e. The van der Waals surface area contributed by atoms with E-state index in [2.05, 4.69) is 36.6 Å². The van der Waals surface area contributed by atoms with Crippen molar-refractivity contribution in [3.63, 3.8) is 0 Å². The summed E-state index contributed by atoms with van der Waals surface area (Å²) in [7, 11) is 1.56. The van der Waals surface area contributed by atoms with Crippen LogP contribution in [0.1, 0.15) is 52.9 Å². The van der Waals surface area contributed by atoms with Crippen LogP contribution >= 0.6 is 0 Å². The van der Waals surface area contributed by atoms with E-state index in [1.54, 1.807) is 7.11 Å². The van der Waals surface area contributed by atoms with Crippen LogP contribution in [0.4, 0.5) is 0 Å². The average Bonchev–Trinajstić information content (AvgIpc) is 2.45. The van der Waals surface area contributed by atoms with Gasteiger partial charge in [-0.25, -0.2) is 5.43 Å². The SMILES string of the molecule is COCCNC(=O)CC(=O)NN=C1CCC(C(C)(C)C)CC1. The molecular formula is C16H29N3O3. The van der Waals surface area contributed by atoms with Crippen LogP contribution in [0.5, 0.6) is 0 Å². The minimum absolute atomic E-state index is 0.203. The molecule has 0 atom stereocenters. The van der Waals surface area contributed by atoms with Crippen LogP contribution in [-0.2, 0) is 14.3 Å². The lowest BCUT2D eigenvalue weighted by Gasteiger charge is -2.34. The fraction of sp³-hybridized carbons (Fsp3) is 0.812. The van der Waals surface area contributed by atoms with E-state index in [9.17, 15) is 9.59 Å². The highest BCUT2D eigenvalue weighted by atomic mass is 16.5. The van der Waals surface area contributed by atoms with E-state index >= 15 is 0 Å². The van der Waals surface area contributed by atoms with Crippen LogP contribution in [0.25, 0.3) is 0 Å². The Bertz CT molecular complexity index is 403. The van der Waals surface area contributed by atoms with Crippen molar-refractivity contribution in [1.29, 1.82) is 0 Å². The largest absolute Gasteiger partial charge is 0.383 e. The molecule has 0 spiro atoms. The zero-order valence-corrected chi connectivity index (χ0v) is 14.2. The molecule has 2 N–H and O–H groups in total. The van der Waals surface area contributed by atoms with Crippen molar-refractivity contribution >= 4 is 17.5 Å². The number of nitrogens with zero attached hydrogens (tertiary/aromatic N) is 1. The van der Waals surface area contributed by atoms with Gasteiger partial charge in [0.1, 0.15) is 6.42 Å². The van der Waals surface area contributed by atoms with Crippen molar-refractivity contribution in [2.45, 2.75) is 52.9 Å². The molecule has 0 aromatic heterocycles. The third-order valence-corrected chi connectivity index (χ3v) is 4.08. The predicted molar refractivity (Wildman–Crippen MR) is 86.5 cm³/mol. The van der Waals surface area contributed by atoms with Gasteiger partial charge in [0, 0.05) is 19.4 Å². The van der Waals surface area contributed by atoms with Crippen molar-refractivity contribution in [2.75, 3.05) is 20.3 Å². The molecule has 6 heteroatoms. The highest BCUT2D eigenvalue weighted by Crippen LogP contribution is 2.36. The van der Waals surface area contributed by atoms with E-state index in [0.29, 0.717) is 24.5 Å². The van der Waals surface area contributed by atoms with Gasteiger partial charge in [0.2, 0.25) is 11.8 Å². The van der Waals surface area contributed by atoms with Crippen LogP contribution in [0, 0.1) is 11.3 Å². The van der Waals surface area contributed by atoms with Crippen LogP contribution in [0.15, 0.2) is 5.10 Å². The molecule has 0 saturated heterocycles. The second-order valence-corrected chi connectivity index (χ2v) is 6.87. The molecule has 0 radical (unpaired) electrons. The summed E-state index contributed by atoms with van der Waals surface area (Å²) in [4.78, 5) is 23.1. The third-order valence-electron chi connectivity index (χ3n) is 4.08. The highest BCUT2D eigenvalue weighted by molar-refractivity contribution is 5.97. The number of amides is 2. The number of nitrogens with one attached hydrogen (secondary N) is 2. The average molecular weight is 311 g/mol. The molecule has 1 saturated carbocycles. The molecule has 0 unspecified atom stereocenters. The van der Waals surface area contributed by atoms with E-state index in [0.717, 1.165) is 31.4 Å². The van der Waals surface area contributed by atoms with Crippen LogP contribution in [-0.4, -0.2) is 37.8 Å². The molecule has 0 heterocycles. The standard InChI is InChI=1S/C16H29N3O3/c1-16(2,3)12-5-7-13(8-6-12)18-19-15(21)11-14(20)17-9-10-22-4/h12H,5-11H2,1-4H3,(H,17,20)(H,19,21). The monoisotopic (exact) mass is 311 g/mol. The van der Waals surface area contributed by atoms with Gasteiger partial charge in [0.05, 0.1) is 6.61 Å². The first-order valence-electron chi connectivity index (χ1n) is 7.93. The van der Waals surface area contributed by atoms with Gasteiger partial charge in [-0.3, -0.25) is 9.59 Å². The third kappa shape index (κ3) is 7.02. The van der Waals surface area contributed by atoms with Crippen molar-refractivity contribution in [2.24, 2.45) is 16.4 Å². The molecule has 0 bridgehead atoms. The fourth-order valence-corrected chi connectivity index (χ4v) is 2.61. The lowest BCUT2D eigenvalue weighted by molar-refractivity contribution is -0.129. The second kappa shape index (κ2) is 8.88. The maximum atomic E-state index is 11.6. The van der Waals surface area contributed by atoms with Crippen molar-refractivity contribution < 1.29 is 14.3 Å². The van der Waals surface area contributed by atoms with Crippen LogP contribution < -0.4 is 10.7 Å². The number of hydrogen-bond donors (Lipinski definition) is 2. The van der Waals surface area contributed by atoms with Gasteiger partial charge in [-0.2, -0.15) is 5.10 Å². The van der Waals surface area contributed by atoms with Gasteiger partial charge in [0.15, 0.2) is 0 Å². The van der Waals surface area contributed by atoms with Crippen molar-refractivity contribution in [1.82, 2.24) is 10.7 Å². The highest BCUT2D eigenvalue weighted by Gasteiger charge is 2.28. The Morgan fingerprint density at radius 2 is 1.86 bits per heavy atom. The number of hydrazone groups is 1. The van der Waals surface area contributed by atoms with Gasteiger partial charge in [-0.1, -0.05) is 20.8 Å².